The van der Waals surface area contributed by atoms with Gasteiger partial charge >= 0.3 is 0 Å². The van der Waals surface area contributed by atoms with Crippen LogP contribution in [0.2, 0.25) is 0 Å². The molecule has 2 atom stereocenters. The number of rotatable bonds is 11. The third-order valence-electron chi connectivity index (χ3n) is 5.52. The van der Waals surface area contributed by atoms with Gasteiger partial charge in [0.2, 0.25) is 11.8 Å². The van der Waals surface area contributed by atoms with E-state index in [2.05, 4.69) is 22.9 Å². The van der Waals surface area contributed by atoms with Gasteiger partial charge in [0.15, 0.2) is 15.1 Å². The number of amides is 2. The number of sulfone groups is 1. The average molecular weight is 522 g/mol. The Kier molecular flexibility index (Phi) is 9.41. The highest BCUT2D eigenvalue weighted by molar-refractivity contribution is 8.00. The van der Waals surface area contributed by atoms with Gasteiger partial charge in [-0.05, 0) is 30.5 Å². The van der Waals surface area contributed by atoms with Gasteiger partial charge in [0.1, 0.15) is 17.0 Å². The van der Waals surface area contributed by atoms with Gasteiger partial charge in [-0.15, -0.1) is 11.8 Å². The van der Waals surface area contributed by atoms with Crippen LogP contribution in [-0.2, 0) is 25.8 Å². The molecule has 0 radical (unpaired) electrons. The molecule has 1 saturated heterocycles. The molecule has 3 rings (SSSR count). The molecule has 0 saturated carbocycles. The first kappa shape index (κ1) is 26.8. The van der Waals surface area contributed by atoms with Crippen LogP contribution in [0.25, 0.3) is 0 Å². The van der Waals surface area contributed by atoms with Gasteiger partial charge in [-0.2, -0.15) is 0 Å². The molecule has 9 nitrogen and oxygen atoms in total. The van der Waals surface area contributed by atoms with Crippen LogP contribution in [0.3, 0.4) is 0 Å². The molecule has 2 amide bonds. The van der Waals surface area contributed by atoms with Crippen molar-refractivity contribution >= 4 is 39.1 Å². The van der Waals surface area contributed by atoms with E-state index in [1.807, 2.05) is 0 Å². The van der Waals surface area contributed by atoms with E-state index in [1.165, 1.54) is 14.2 Å². The molecule has 2 aromatic carbocycles. The zero-order valence-electron chi connectivity index (χ0n) is 20.0. The molecule has 35 heavy (non-hydrogen) atoms. The number of carbonyl (C=O) groups excluding carboxylic acids is 2. The summed E-state index contributed by atoms with van der Waals surface area (Å²) in [6.07, 6.45) is 2.98. The van der Waals surface area contributed by atoms with Crippen LogP contribution in [0.5, 0.6) is 11.5 Å². The molecule has 1 aliphatic heterocycles. The van der Waals surface area contributed by atoms with Crippen molar-refractivity contribution in [3.05, 3.63) is 48.0 Å². The molecule has 0 spiro atoms. The zero-order chi connectivity index (χ0) is 25.4. The van der Waals surface area contributed by atoms with Crippen LogP contribution in [-0.4, -0.2) is 57.5 Å². The largest absolute Gasteiger partial charge is 0.497 e. The van der Waals surface area contributed by atoms with Crippen molar-refractivity contribution in [2.45, 2.75) is 41.8 Å². The first-order valence-electron chi connectivity index (χ1n) is 11.3. The van der Waals surface area contributed by atoms with Crippen LogP contribution in [0.15, 0.2) is 47.4 Å². The maximum atomic E-state index is 13.0. The van der Waals surface area contributed by atoms with Crippen LogP contribution in [0, 0.1) is 0 Å². The van der Waals surface area contributed by atoms with E-state index in [0.717, 1.165) is 36.6 Å². The Morgan fingerprint density at radius 1 is 1.11 bits per heavy atom. The number of benzene rings is 2. The number of nitrogens with one attached hydrogen (secondary N) is 3. The molecule has 11 heteroatoms. The molecule has 3 N–H and O–H groups in total. The minimum Gasteiger partial charge on any atom is -0.497 e. The Labute approximate surface area is 210 Å². The maximum Gasteiger partial charge on any atom is 0.241 e. The second-order valence-corrected chi connectivity index (χ2v) is 11.3. The van der Waals surface area contributed by atoms with Crippen LogP contribution in [0.4, 0.5) is 5.69 Å². The van der Waals surface area contributed by atoms with Gasteiger partial charge in [-0.25, -0.2) is 8.42 Å². The lowest BCUT2D eigenvalue weighted by Crippen LogP contribution is -2.59. The van der Waals surface area contributed by atoms with Crippen molar-refractivity contribution in [1.29, 1.82) is 0 Å². The molecule has 190 valence electrons. The molecular weight excluding hydrogens is 490 g/mol. The highest BCUT2D eigenvalue weighted by atomic mass is 32.2. The fourth-order valence-electron chi connectivity index (χ4n) is 3.56. The number of carbonyl (C=O) groups is 2. The minimum atomic E-state index is -3.84. The quantitative estimate of drug-likeness (QED) is 0.412. The van der Waals surface area contributed by atoms with Crippen molar-refractivity contribution in [2.75, 3.05) is 31.8 Å². The molecule has 0 aromatic heterocycles. The fraction of sp³-hybridized carbons (Fsp3) is 0.417. The van der Waals surface area contributed by atoms with Crippen molar-refractivity contribution in [1.82, 2.24) is 10.6 Å². The van der Waals surface area contributed by atoms with E-state index in [1.54, 1.807) is 42.5 Å². The molecule has 0 bridgehead atoms. The van der Waals surface area contributed by atoms with E-state index >= 15 is 0 Å². The molecular formula is C24H31N3O6S2. The third-order valence-corrected chi connectivity index (χ3v) is 8.62. The van der Waals surface area contributed by atoms with E-state index < -0.39 is 26.5 Å². The molecule has 1 heterocycles. The molecule has 2 unspecified atom stereocenters. The highest BCUT2D eigenvalue weighted by Crippen LogP contribution is 2.26. The Morgan fingerprint density at radius 2 is 1.77 bits per heavy atom. The SMILES string of the molecule is CCCCc1ccc(S(=O)(=O)C2CNC(SCC(=O)Nc3cc(OC)cc(OC)c3)NC2=O)cc1. The summed E-state index contributed by atoms with van der Waals surface area (Å²) in [6, 6.07) is 11.7. The summed E-state index contributed by atoms with van der Waals surface area (Å²) in [6.45, 7) is 2.06. The molecule has 0 aliphatic carbocycles. The van der Waals surface area contributed by atoms with Gasteiger partial charge in [-0.1, -0.05) is 25.5 Å². The number of methoxy groups -OCH3 is 2. The first-order chi connectivity index (χ1) is 16.8. The van der Waals surface area contributed by atoms with Crippen LogP contribution < -0.4 is 25.4 Å². The Hall–Kier alpha value is -2.76. The second kappa shape index (κ2) is 12.3. The van der Waals surface area contributed by atoms with Crippen LogP contribution in [0.1, 0.15) is 25.3 Å². The lowest BCUT2D eigenvalue weighted by molar-refractivity contribution is -0.122. The fourth-order valence-corrected chi connectivity index (χ4v) is 5.87. The zero-order valence-corrected chi connectivity index (χ0v) is 21.6. The molecule has 1 aliphatic rings. The van der Waals surface area contributed by atoms with E-state index in [4.69, 9.17) is 9.47 Å². The topological polar surface area (TPSA) is 123 Å². The Balaban J connectivity index is 1.53. The number of ether oxygens (including phenoxy) is 2. The second-order valence-electron chi connectivity index (χ2n) is 8.04. The first-order valence-corrected chi connectivity index (χ1v) is 13.9. The lowest BCUT2D eigenvalue weighted by Gasteiger charge is -2.29. The van der Waals surface area contributed by atoms with E-state index in [-0.39, 0.29) is 23.1 Å². The summed E-state index contributed by atoms with van der Waals surface area (Å²) < 4.78 is 36.4. The van der Waals surface area contributed by atoms with Gasteiger partial charge in [-0.3, -0.25) is 14.9 Å². The number of unbranched alkanes of at least 4 members (excludes halogenated alkanes) is 1. The lowest BCUT2D eigenvalue weighted by atomic mass is 10.1. The standard InChI is InChI=1S/C24H31N3O6S2/c1-4-5-6-16-7-9-20(10-8-16)35(30,31)21-14-25-24(27-23(21)29)34-15-22(28)26-17-11-18(32-2)13-19(12-17)33-3/h7-13,21,24-25H,4-6,14-15H2,1-3H3,(H,26,28)(H,27,29). The van der Waals surface area contributed by atoms with Crippen molar-refractivity contribution in [3.63, 3.8) is 0 Å². The minimum absolute atomic E-state index is 0.0358. The number of thioether (sulfide) groups is 1. The highest BCUT2D eigenvalue weighted by Gasteiger charge is 2.38. The monoisotopic (exact) mass is 521 g/mol. The number of hydrogen-bond acceptors (Lipinski definition) is 8. The Morgan fingerprint density at radius 3 is 2.34 bits per heavy atom. The summed E-state index contributed by atoms with van der Waals surface area (Å²) in [4.78, 5) is 25.1. The van der Waals surface area contributed by atoms with Crippen molar-refractivity contribution in [2.24, 2.45) is 0 Å². The number of hydrogen-bond donors (Lipinski definition) is 3. The van der Waals surface area contributed by atoms with E-state index in [9.17, 15) is 18.0 Å². The predicted octanol–water partition coefficient (Wildman–Crippen LogP) is 2.56. The summed E-state index contributed by atoms with van der Waals surface area (Å²) >= 11 is 1.15. The summed E-state index contributed by atoms with van der Waals surface area (Å²) in [5, 5.41) is 7.17. The van der Waals surface area contributed by atoms with E-state index in [0.29, 0.717) is 17.2 Å². The van der Waals surface area contributed by atoms with Gasteiger partial charge < -0.3 is 20.1 Å². The smallest absolute Gasteiger partial charge is 0.241 e. The van der Waals surface area contributed by atoms with Gasteiger partial charge in [0, 0.05) is 30.4 Å². The maximum absolute atomic E-state index is 13.0. The van der Waals surface area contributed by atoms with Crippen molar-refractivity contribution in [3.8, 4) is 11.5 Å². The van der Waals surface area contributed by atoms with Crippen molar-refractivity contribution < 1.29 is 27.5 Å². The van der Waals surface area contributed by atoms with Gasteiger partial charge in [0.05, 0.1) is 24.9 Å². The summed E-state index contributed by atoms with van der Waals surface area (Å²) in [5.74, 6) is 0.231. The normalized spacial score (nSPS) is 18.0. The van der Waals surface area contributed by atoms with Gasteiger partial charge in [0.25, 0.3) is 0 Å². The summed E-state index contributed by atoms with van der Waals surface area (Å²) in [5.41, 5.74) is 0.995. The number of aryl methyl sites for hydroxylation is 1. The van der Waals surface area contributed by atoms with Crippen LogP contribution >= 0.6 is 11.8 Å². The average Bonchev–Trinajstić information content (AvgIpc) is 2.86. The molecule has 1 fully saturated rings. The predicted molar refractivity (Wildman–Crippen MR) is 137 cm³/mol. The Bertz CT molecular complexity index is 1120. The number of anilines is 1. The summed E-state index contributed by atoms with van der Waals surface area (Å²) in [7, 11) is -0.809. The molecule has 2 aromatic rings. The third kappa shape index (κ3) is 7.12.